The normalized spacial score (nSPS) is 13.9. The Kier molecular flexibility index (Phi) is 6.40. The lowest BCUT2D eigenvalue weighted by molar-refractivity contribution is -0.124. The zero-order chi connectivity index (χ0) is 16.8. The number of carbonyl (C=O) groups is 2. The molecule has 5 heteroatoms. The van der Waals surface area contributed by atoms with Gasteiger partial charge in [0, 0.05) is 6.04 Å². The van der Waals surface area contributed by atoms with Gasteiger partial charge in [-0.25, -0.2) is 4.79 Å². The Balaban J connectivity index is 2.88. The van der Waals surface area contributed by atoms with Crippen molar-refractivity contribution < 1.29 is 14.3 Å². The first-order valence-electron chi connectivity index (χ1n) is 7.57. The number of rotatable bonds is 5. The second-order valence-electron chi connectivity index (χ2n) is 6.31. The summed E-state index contributed by atoms with van der Waals surface area (Å²) in [6, 6.07) is 8.40. The molecule has 0 saturated heterocycles. The van der Waals surface area contributed by atoms with Gasteiger partial charge in [0.15, 0.2) is 0 Å². The van der Waals surface area contributed by atoms with Crippen LogP contribution in [0.1, 0.15) is 52.6 Å². The number of hydrogen-bond donors (Lipinski definition) is 2. The van der Waals surface area contributed by atoms with Crippen LogP contribution < -0.4 is 10.6 Å². The second kappa shape index (κ2) is 7.82. The number of amides is 2. The molecule has 0 heterocycles. The highest BCUT2D eigenvalue weighted by Crippen LogP contribution is 2.15. The van der Waals surface area contributed by atoms with E-state index in [0.29, 0.717) is 5.56 Å². The van der Waals surface area contributed by atoms with Crippen molar-refractivity contribution in [3.63, 3.8) is 0 Å². The summed E-state index contributed by atoms with van der Waals surface area (Å²) < 4.78 is 5.24. The molecule has 122 valence electrons. The molecule has 2 N–H and O–H groups in total. The lowest BCUT2D eigenvalue weighted by atomic mass is 10.1. The first kappa shape index (κ1) is 18.0. The monoisotopic (exact) mass is 306 g/mol. The van der Waals surface area contributed by atoms with Gasteiger partial charge in [-0.15, -0.1) is 0 Å². The molecule has 1 unspecified atom stereocenters. The van der Waals surface area contributed by atoms with Crippen molar-refractivity contribution in [2.75, 3.05) is 0 Å². The minimum absolute atomic E-state index is 0.0409. The zero-order valence-electron chi connectivity index (χ0n) is 14.0. The summed E-state index contributed by atoms with van der Waals surface area (Å²) >= 11 is 0. The summed E-state index contributed by atoms with van der Waals surface area (Å²) in [5.74, 6) is -0.244. The van der Waals surface area contributed by atoms with E-state index in [9.17, 15) is 9.59 Å². The van der Waals surface area contributed by atoms with Crippen LogP contribution in [-0.4, -0.2) is 23.6 Å². The zero-order valence-corrected chi connectivity index (χ0v) is 14.0. The van der Waals surface area contributed by atoms with Crippen LogP contribution in [0.5, 0.6) is 0 Å². The lowest BCUT2D eigenvalue weighted by Gasteiger charge is -2.24. The van der Waals surface area contributed by atoms with Gasteiger partial charge < -0.3 is 15.4 Å². The van der Waals surface area contributed by atoms with Crippen LogP contribution in [-0.2, 0) is 9.53 Å². The predicted molar refractivity (Wildman–Crippen MR) is 86.4 cm³/mol. The van der Waals surface area contributed by atoms with Gasteiger partial charge >= 0.3 is 6.09 Å². The van der Waals surface area contributed by atoms with Crippen molar-refractivity contribution in [3.05, 3.63) is 35.9 Å². The van der Waals surface area contributed by atoms with E-state index < -0.39 is 17.7 Å². The highest BCUT2D eigenvalue weighted by atomic mass is 16.6. The fraction of sp³-hybridized carbons (Fsp3) is 0.529. The molecule has 0 aliphatic carbocycles. The van der Waals surface area contributed by atoms with Gasteiger partial charge in [-0.05, 0) is 39.7 Å². The van der Waals surface area contributed by atoms with E-state index in [4.69, 9.17) is 4.74 Å². The SMILES string of the molecule is CCC(C)NC(=O)[C@@H](NC(=O)OC(C)(C)C)c1ccccc1. The molecule has 2 amide bonds. The molecular formula is C17H26N2O3. The number of ether oxygens (including phenoxy) is 1. The summed E-state index contributed by atoms with van der Waals surface area (Å²) in [5.41, 5.74) is 0.104. The maximum absolute atomic E-state index is 12.4. The minimum atomic E-state index is -0.773. The summed E-state index contributed by atoms with van der Waals surface area (Å²) in [6.45, 7) is 9.26. The topological polar surface area (TPSA) is 67.4 Å². The van der Waals surface area contributed by atoms with Crippen LogP contribution in [0.4, 0.5) is 4.79 Å². The summed E-state index contributed by atoms with van der Waals surface area (Å²) in [6.07, 6.45) is 0.209. The molecule has 1 aromatic rings. The van der Waals surface area contributed by atoms with Crippen molar-refractivity contribution in [1.29, 1.82) is 0 Å². The van der Waals surface area contributed by atoms with Crippen molar-refractivity contribution in [2.45, 2.75) is 58.7 Å². The minimum Gasteiger partial charge on any atom is -0.444 e. The molecule has 0 bridgehead atoms. The number of carbonyl (C=O) groups excluding carboxylic acids is 2. The Morgan fingerprint density at radius 1 is 1.14 bits per heavy atom. The van der Waals surface area contributed by atoms with Gasteiger partial charge in [-0.3, -0.25) is 4.79 Å². The molecule has 1 aromatic carbocycles. The molecule has 5 nitrogen and oxygen atoms in total. The van der Waals surface area contributed by atoms with Crippen LogP contribution in [0.15, 0.2) is 30.3 Å². The van der Waals surface area contributed by atoms with Crippen LogP contribution >= 0.6 is 0 Å². The number of alkyl carbamates (subject to hydrolysis) is 1. The number of nitrogens with one attached hydrogen (secondary N) is 2. The molecule has 22 heavy (non-hydrogen) atoms. The summed E-state index contributed by atoms with van der Waals surface area (Å²) in [5, 5.41) is 5.53. The van der Waals surface area contributed by atoms with E-state index in [1.807, 2.05) is 32.0 Å². The highest BCUT2D eigenvalue weighted by molar-refractivity contribution is 5.87. The highest BCUT2D eigenvalue weighted by Gasteiger charge is 2.26. The van der Waals surface area contributed by atoms with Gasteiger partial charge in [-0.2, -0.15) is 0 Å². The van der Waals surface area contributed by atoms with E-state index in [2.05, 4.69) is 10.6 Å². The van der Waals surface area contributed by atoms with Gasteiger partial charge in [0.1, 0.15) is 11.6 Å². The number of hydrogen-bond acceptors (Lipinski definition) is 3. The molecule has 0 spiro atoms. The summed E-state index contributed by atoms with van der Waals surface area (Å²) in [4.78, 5) is 24.4. The van der Waals surface area contributed by atoms with Crippen molar-refractivity contribution >= 4 is 12.0 Å². The van der Waals surface area contributed by atoms with Crippen LogP contribution in [0.2, 0.25) is 0 Å². The lowest BCUT2D eigenvalue weighted by Crippen LogP contribution is -2.44. The van der Waals surface area contributed by atoms with Crippen molar-refractivity contribution in [1.82, 2.24) is 10.6 Å². The van der Waals surface area contributed by atoms with E-state index in [-0.39, 0.29) is 11.9 Å². The first-order valence-corrected chi connectivity index (χ1v) is 7.57. The molecule has 2 atom stereocenters. The first-order chi connectivity index (χ1) is 10.2. The fourth-order valence-corrected chi connectivity index (χ4v) is 1.80. The van der Waals surface area contributed by atoms with Crippen LogP contribution in [0.3, 0.4) is 0 Å². The Bertz CT molecular complexity index is 494. The molecule has 0 fully saturated rings. The van der Waals surface area contributed by atoms with E-state index in [1.165, 1.54) is 0 Å². The maximum atomic E-state index is 12.4. The maximum Gasteiger partial charge on any atom is 0.408 e. The Labute approximate surface area is 132 Å². The molecule has 0 saturated carbocycles. The third kappa shape index (κ3) is 6.16. The third-order valence-corrected chi connectivity index (χ3v) is 3.06. The summed E-state index contributed by atoms with van der Waals surface area (Å²) in [7, 11) is 0. The average molecular weight is 306 g/mol. The van der Waals surface area contributed by atoms with Crippen LogP contribution in [0.25, 0.3) is 0 Å². The standard InChI is InChI=1S/C17H26N2O3/c1-6-12(2)18-15(20)14(13-10-8-7-9-11-13)19-16(21)22-17(3,4)5/h7-12,14H,6H2,1-5H3,(H,18,20)(H,19,21)/t12?,14-/m0/s1. The van der Waals surface area contributed by atoms with Gasteiger partial charge in [0.25, 0.3) is 0 Å². The molecule has 0 radical (unpaired) electrons. The Hall–Kier alpha value is -2.04. The van der Waals surface area contributed by atoms with Gasteiger partial charge in [0.05, 0.1) is 0 Å². The van der Waals surface area contributed by atoms with Gasteiger partial charge in [0.2, 0.25) is 5.91 Å². The number of benzene rings is 1. The fourth-order valence-electron chi connectivity index (χ4n) is 1.80. The van der Waals surface area contributed by atoms with Crippen molar-refractivity contribution in [2.24, 2.45) is 0 Å². The molecule has 0 aliphatic heterocycles. The predicted octanol–water partition coefficient (Wildman–Crippen LogP) is 3.17. The third-order valence-electron chi connectivity index (χ3n) is 3.06. The molecular weight excluding hydrogens is 280 g/mol. The van der Waals surface area contributed by atoms with Crippen molar-refractivity contribution in [3.8, 4) is 0 Å². The van der Waals surface area contributed by atoms with E-state index in [0.717, 1.165) is 6.42 Å². The molecule has 0 aliphatic rings. The Morgan fingerprint density at radius 3 is 2.23 bits per heavy atom. The van der Waals surface area contributed by atoms with Crippen LogP contribution in [0, 0.1) is 0 Å². The quantitative estimate of drug-likeness (QED) is 0.878. The van der Waals surface area contributed by atoms with E-state index >= 15 is 0 Å². The molecule has 1 rings (SSSR count). The van der Waals surface area contributed by atoms with E-state index in [1.54, 1.807) is 32.9 Å². The largest absolute Gasteiger partial charge is 0.444 e. The molecule has 0 aromatic heterocycles. The smallest absolute Gasteiger partial charge is 0.408 e. The average Bonchev–Trinajstić information content (AvgIpc) is 2.43. The van der Waals surface area contributed by atoms with Gasteiger partial charge in [-0.1, -0.05) is 37.3 Å². The Morgan fingerprint density at radius 2 is 1.73 bits per heavy atom. The second-order valence-corrected chi connectivity index (χ2v) is 6.31.